The predicted molar refractivity (Wildman–Crippen MR) is 97.2 cm³/mol. The lowest BCUT2D eigenvalue weighted by molar-refractivity contribution is -0.137. The third-order valence-electron chi connectivity index (χ3n) is 3.49. The summed E-state index contributed by atoms with van der Waals surface area (Å²) in [7, 11) is 1.58. The van der Waals surface area contributed by atoms with Crippen molar-refractivity contribution in [3.63, 3.8) is 0 Å². The fourth-order valence-electron chi connectivity index (χ4n) is 2.16. The molecule has 2 aromatic rings. The van der Waals surface area contributed by atoms with Crippen molar-refractivity contribution in [3.8, 4) is 5.75 Å². The van der Waals surface area contributed by atoms with Gasteiger partial charge >= 0.3 is 6.18 Å². The van der Waals surface area contributed by atoms with Gasteiger partial charge in [0.25, 0.3) is 0 Å². The van der Waals surface area contributed by atoms with Crippen LogP contribution in [0.25, 0.3) is 0 Å². The normalized spacial score (nSPS) is 12.4. The minimum absolute atomic E-state index is 0.139. The summed E-state index contributed by atoms with van der Waals surface area (Å²) < 4.78 is 43.8. The highest BCUT2D eigenvalue weighted by molar-refractivity contribution is 7.80. The first kappa shape index (κ1) is 19.3. The van der Waals surface area contributed by atoms with Crippen LogP contribution in [0.1, 0.15) is 24.1 Å². The maximum Gasteiger partial charge on any atom is 0.417 e. The van der Waals surface area contributed by atoms with Gasteiger partial charge in [-0.25, -0.2) is 0 Å². The van der Waals surface area contributed by atoms with E-state index in [1.54, 1.807) is 7.11 Å². The second-order valence-electron chi connectivity index (χ2n) is 5.29. The lowest BCUT2D eigenvalue weighted by atomic mass is 10.1. The first-order valence-electron chi connectivity index (χ1n) is 7.29. The largest absolute Gasteiger partial charge is 0.497 e. The molecule has 0 heterocycles. The summed E-state index contributed by atoms with van der Waals surface area (Å²) in [4.78, 5) is 0. The van der Waals surface area contributed by atoms with E-state index in [2.05, 4.69) is 10.6 Å². The smallest absolute Gasteiger partial charge is 0.417 e. The second kappa shape index (κ2) is 7.93. The molecule has 0 aliphatic rings. The van der Waals surface area contributed by atoms with Gasteiger partial charge in [0, 0.05) is 5.69 Å². The van der Waals surface area contributed by atoms with Crippen LogP contribution in [0, 0.1) is 0 Å². The van der Waals surface area contributed by atoms with Crippen molar-refractivity contribution in [3.05, 3.63) is 58.6 Å². The number of hydrogen-bond acceptors (Lipinski definition) is 2. The number of anilines is 1. The Bertz CT molecular complexity index is 751. The maximum absolute atomic E-state index is 12.9. The molecule has 0 amide bonds. The molecule has 1 atom stereocenters. The van der Waals surface area contributed by atoms with Gasteiger partial charge in [-0.1, -0.05) is 23.7 Å². The van der Waals surface area contributed by atoms with Crippen molar-refractivity contribution in [1.82, 2.24) is 5.32 Å². The number of nitrogens with one attached hydrogen (secondary N) is 2. The number of hydrogen-bond donors (Lipinski definition) is 2. The third-order valence-corrected chi connectivity index (χ3v) is 4.04. The van der Waals surface area contributed by atoms with E-state index < -0.39 is 11.7 Å². The molecule has 0 radical (unpaired) electrons. The Labute approximate surface area is 154 Å². The SMILES string of the molecule is COc1ccc(C(C)NC(=S)Nc2ccc(Cl)c(C(F)(F)F)c2)cc1. The van der Waals surface area contributed by atoms with E-state index in [-0.39, 0.29) is 21.9 Å². The lowest BCUT2D eigenvalue weighted by Gasteiger charge is -2.18. The molecule has 0 spiro atoms. The number of halogens is 4. The van der Waals surface area contributed by atoms with Gasteiger partial charge in [0.1, 0.15) is 5.75 Å². The zero-order valence-corrected chi connectivity index (χ0v) is 15.0. The predicted octanol–water partition coefficient (Wildman–Crippen LogP) is 5.42. The van der Waals surface area contributed by atoms with Gasteiger partial charge in [0.15, 0.2) is 5.11 Å². The van der Waals surface area contributed by atoms with Gasteiger partial charge in [0.2, 0.25) is 0 Å². The minimum atomic E-state index is -4.53. The van der Waals surface area contributed by atoms with Crippen LogP contribution in [0.15, 0.2) is 42.5 Å². The highest BCUT2D eigenvalue weighted by Crippen LogP contribution is 2.36. The molecule has 134 valence electrons. The van der Waals surface area contributed by atoms with Crippen LogP contribution >= 0.6 is 23.8 Å². The summed E-state index contributed by atoms with van der Waals surface area (Å²) in [6, 6.07) is 10.8. The number of thiocarbonyl (C=S) groups is 1. The quantitative estimate of drug-likeness (QED) is 0.686. The molecule has 0 saturated carbocycles. The van der Waals surface area contributed by atoms with Gasteiger partial charge in [-0.15, -0.1) is 0 Å². The van der Waals surface area contributed by atoms with E-state index >= 15 is 0 Å². The van der Waals surface area contributed by atoms with Crippen molar-refractivity contribution in [1.29, 1.82) is 0 Å². The molecule has 0 aromatic heterocycles. The van der Waals surface area contributed by atoms with Crippen LogP contribution in [-0.4, -0.2) is 12.2 Å². The third kappa shape index (κ3) is 5.24. The molecule has 0 aliphatic heterocycles. The summed E-state index contributed by atoms with van der Waals surface area (Å²) in [5.41, 5.74) is 0.248. The van der Waals surface area contributed by atoms with E-state index in [1.807, 2.05) is 31.2 Å². The summed E-state index contributed by atoms with van der Waals surface area (Å²) in [6.45, 7) is 1.89. The van der Waals surface area contributed by atoms with E-state index in [9.17, 15) is 13.2 Å². The van der Waals surface area contributed by atoms with E-state index in [0.717, 1.165) is 17.4 Å². The number of ether oxygens (including phenoxy) is 1. The monoisotopic (exact) mass is 388 g/mol. The fourth-order valence-corrected chi connectivity index (χ4v) is 2.68. The van der Waals surface area contributed by atoms with Crippen LogP contribution in [0.3, 0.4) is 0 Å². The zero-order chi connectivity index (χ0) is 18.6. The minimum Gasteiger partial charge on any atom is -0.497 e. The molecule has 0 saturated heterocycles. The molecule has 2 N–H and O–H groups in total. The first-order chi connectivity index (χ1) is 11.7. The molecule has 0 bridgehead atoms. The highest BCUT2D eigenvalue weighted by Gasteiger charge is 2.33. The van der Waals surface area contributed by atoms with E-state index in [0.29, 0.717) is 0 Å². The van der Waals surface area contributed by atoms with Crippen molar-refractivity contribution in [2.24, 2.45) is 0 Å². The Morgan fingerprint density at radius 1 is 1.16 bits per heavy atom. The fraction of sp³-hybridized carbons (Fsp3) is 0.235. The topological polar surface area (TPSA) is 33.3 Å². The average molecular weight is 389 g/mol. The van der Waals surface area contributed by atoms with Crippen LogP contribution in [0.5, 0.6) is 5.75 Å². The molecule has 3 nitrogen and oxygen atoms in total. The van der Waals surface area contributed by atoms with Gasteiger partial charge in [-0.3, -0.25) is 0 Å². The Morgan fingerprint density at radius 3 is 2.36 bits per heavy atom. The molecular weight excluding hydrogens is 373 g/mol. The zero-order valence-electron chi connectivity index (χ0n) is 13.4. The Kier molecular flexibility index (Phi) is 6.13. The average Bonchev–Trinajstić information content (AvgIpc) is 2.55. The molecule has 0 fully saturated rings. The number of methoxy groups -OCH3 is 1. The summed E-state index contributed by atoms with van der Waals surface area (Å²) in [6.07, 6.45) is -4.53. The molecule has 8 heteroatoms. The van der Waals surface area contributed by atoms with Gasteiger partial charge in [-0.2, -0.15) is 13.2 Å². The van der Waals surface area contributed by atoms with Gasteiger partial charge in [0.05, 0.1) is 23.7 Å². The summed E-state index contributed by atoms with van der Waals surface area (Å²) in [5, 5.41) is 5.61. The highest BCUT2D eigenvalue weighted by atomic mass is 35.5. The summed E-state index contributed by atoms with van der Waals surface area (Å²) >= 11 is 10.8. The van der Waals surface area contributed by atoms with Crippen molar-refractivity contribution < 1.29 is 17.9 Å². The summed E-state index contributed by atoms with van der Waals surface area (Å²) in [5.74, 6) is 0.734. The second-order valence-corrected chi connectivity index (χ2v) is 6.10. The Morgan fingerprint density at radius 2 is 1.80 bits per heavy atom. The van der Waals surface area contributed by atoms with Crippen LogP contribution < -0.4 is 15.4 Å². The lowest BCUT2D eigenvalue weighted by Crippen LogP contribution is -2.31. The Balaban J connectivity index is 2.04. The number of benzene rings is 2. The Hall–Kier alpha value is -1.99. The number of alkyl halides is 3. The molecule has 0 aliphatic carbocycles. The molecular formula is C17H16ClF3N2OS. The first-order valence-corrected chi connectivity index (χ1v) is 8.07. The van der Waals surface area contributed by atoms with Gasteiger partial charge < -0.3 is 15.4 Å². The van der Waals surface area contributed by atoms with Crippen LogP contribution in [-0.2, 0) is 6.18 Å². The number of rotatable bonds is 4. The molecule has 2 aromatic carbocycles. The van der Waals surface area contributed by atoms with Gasteiger partial charge in [-0.05, 0) is 55.0 Å². The molecule has 2 rings (SSSR count). The van der Waals surface area contributed by atoms with Crippen molar-refractivity contribution in [2.45, 2.75) is 19.1 Å². The van der Waals surface area contributed by atoms with Crippen LogP contribution in [0.2, 0.25) is 5.02 Å². The molecule has 1 unspecified atom stereocenters. The van der Waals surface area contributed by atoms with Crippen molar-refractivity contribution >= 4 is 34.6 Å². The van der Waals surface area contributed by atoms with Crippen molar-refractivity contribution in [2.75, 3.05) is 12.4 Å². The molecule has 25 heavy (non-hydrogen) atoms. The standard InChI is InChI=1S/C17H16ClF3N2OS/c1-10(11-3-6-13(24-2)7-4-11)22-16(25)23-12-5-8-15(18)14(9-12)17(19,20)21/h3-10H,1-2H3,(H2,22,23,25). The van der Waals surface area contributed by atoms with E-state index in [1.165, 1.54) is 12.1 Å². The van der Waals surface area contributed by atoms with Crippen LogP contribution in [0.4, 0.5) is 18.9 Å². The van der Waals surface area contributed by atoms with E-state index in [4.69, 9.17) is 28.6 Å². The maximum atomic E-state index is 12.9.